The van der Waals surface area contributed by atoms with Gasteiger partial charge in [-0.15, -0.1) is 0 Å². The van der Waals surface area contributed by atoms with Crippen LogP contribution in [0, 0.1) is 0 Å². The Morgan fingerprint density at radius 2 is 2.03 bits per heavy atom. The maximum Gasteiger partial charge on any atom is 0.337 e. The molecule has 7 nitrogen and oxygen atoms in total. The fraction of sp³-hybridized carbons (Fsp3) is 0.100. The third-order valence-corrected chi connectivity index (χ3v) is 6.14. The van der Waals surface area contributed by atoms with Crippen LogP contribution in [0.2, 0.25) is 5.15 Å². The van der Waals surface area contributed by atoms with Gasteiger partial charge in [-0.05, 0) is 45.8 Å². The standard InChI is InChI=1S/C20H15BrClN3O4S/c1-29-19(27)13-6-4-5-12(9-13)11-25-17(22)16(30-20(25)28)10-23-24-18(26)14-7-2-3-8-15(14)21/h2-10H,11H2,1H3,(H,24,26). The number of amides is 1. The summed E-state index contributed by atoms with van der Waals surface area (Å²) in [6, 6.07) is 13.7. The smallest absolute Gasteiger partial charge is 0.337 e. The van der Waals surface area contributed by atoms with E-state index in [1.54, 1.807) is 48.5 Å². The number of ether oxygens (including phenoxy) is 1. The Bertz CT molecular complexity index is 1190. The second kappa shape index (κ2) is 9.84. The van der Waals surface area contributed by atoms with Crippen molar-refractivity contribution < 1.29 is 14.3 Å². The SMILES string of the molecule is COC(=O)c1cccc(Cn2c(Cl)c(C=NNC(=O)c3ccccc3Br)sc2=O)c1. The average molecular weight is 509 g/mol. The van der Waals surface area contributed by atoms with Crippen LogP contribution in [0.3, 0.4) is 0 Å². The molecule has 10 heteroatoms. The minimum Gasteiger partial charge on any atom is -0.465 e. The number of carbonyl (C=O) groups excluding carboxylic acids is 2. The fourth-order valence-corrected chi connectivity index (χ4v) is 4.14. The Morgan fingerprint density at radius 3 is 2.77 bits per heavy atom. The number of benzene rings is 2. The van der Waals surface area contributed by atoms with Crippen LogP contribution in [0.5, 0.6) is 0 Å². The highest BCUT2D eigenvalue weighted by molar-refractivity contribution is 9.10. The van der Waals surface area contributed by atoms with Crippen molar-refractivity contribution >= 4 is 57.0 Å². The van der Waals surface area contributed by atoms with Crippen LogP contribution in [0.25, 0.3) is 0 Å². The maximum absolute atomic E-state index is 12.4. The van der Waals surface area contributed by atoms with Crippen LogP contribution in [0.4, 0.5) is 0 Å². The van der Waals surface area contributed by atoms with Gasteiger partial charge in [0.25, 0.3) is 5.91 Å². The van der Waals surface area contributed by atoms with E-state index in [4.69, 9.17) is 16.3 Å². The molecule has 1 aromatic heterocycles. The number of hydrogen-bond donors (Lipinski definition) is 1. The zero-order valence-electron chi connectivity index (χ0n) is 15.6. The molecule has 1 N–H and O–H groups in total. The number of halogens is 2. The van der Waals surface area contributed by atoms with Crippen LogP contribution in [-0.2, 0) is 11.3 Å². The van der Waals surface area contributed by atoms with Gasteiger partial charge in [0.2, 0.25) is 0 Å². The number of rotatable bonds is 6. The molecule has 2 aromatic carbocycles. The summed E-state index contributed by atoms with van der Waals surface area (Å²) >= 11 is 10.5. The minimum absolute atomic E-state index is 0.177. The van der Waals surface area contributed by atoms with Crippen molar-refractivity contribution in [1.82, 2.24) is 9.99 Å². The summed E-state index contributed by atoms with van der Waals surface area (Å²) in [5, 5.41) is 4.08. The van der Waals surface area contributed by atoms with Crippen LogP contribution in [-0.4, -0.2) is 29.8 Å². The molecule has 0 spiro atoms. The lowest BCUT2D eigenvalue weighted by molar-refractivity contribution is 0.0600. The van der Waals surface area contributed by atoms with E-state index in [1.807, 2.05) is 0 Å². The Balaban J connectivity index is 1.75. The topological polar surface area (TPSA) is 89.8 Å². The summed E-state index contributed by atoms with van der Waals surface area (Å²) in [4.78, 5) is 36.3. The average Bonchev–Trinajstić information content (AvgIpc) is 3.01. The van der Waals surface area contributed by atoms with E-state index < -0.39 is 11.9 Å². The van der Waals surface area contributed by atoms with E-state index in [-0.39, 0.29) is 16.6 Å². The van der Waals surface area contributed by atoms with Gasteiger partial charge in [0.1, 0.15) is 5.15 Å². The number of methoxy groups -OCH3 is 1. The summed E-state index contributed by atoms with van der Waals surface area (Å²) in [5.41, 5.74) is 3.93. The molecule has 0 aliphatic heterocycles. The second-order valence-electron chi connectivity index (χ2n) is 5.98. The Labute approximate surface area is 189 Å². The molecule has 0 bridgehead atoms. The van der Waals surface area contributed by atoms with Gasteiger partial charge in [-0.2, -0.15) is 5.10 Å². The largest absolute Gasteiger partial charge is 0.465 e. The van der Waals surface area contributed by atoms with Crippen LogP contribution in [0.1, 0.15) is 31.2 Å². The molecule has 30 heavy (non-hydrogen) atoms. The number of hydrogen-bond acceptors (Lipinski definition) is 6. The molecule has 154 valence electrons. The normalized spacial score (nSPS) is 10.9. The van der Waals surface area contributed by atoms with Crippen molar-refractivity contribution in [3.63, 3.8) is 0 Å². The van der Waals surface area contributed by atoms with Crippen molar-refractivity contribution in [3.05, 3.63) is 89.4 Å². The first kappa shape index (κ1) is 21.9. The first-order valence-corrected chi connectivity index (χ1v) is 10.5. The van der Waals surface area contributed by atoms with Gasteiger partial charge in [0.05, 0.1) is 35.9 Å². The first-order valence-electron chi connectivity index (χ1n) is 8.55. The lowest BCUT2D eigenvalue weighted by atomic mass is 10.1. The van der Waals surface area contributed by atoms with Gasteiger partial charge in [-0.3, -0.25) is 14.2 Å². The zero-order valence-corrected chi connectivity index (χ0v) is 18.8. The Kier molecular flexibility index (Phi) is 7.20. The van der Waals surface area contributed by atoms with E-state index in [2.05, 4.69) is 26.5 Å². The molecule has 3 aromatic rings. The third-order valence-electron chi connectivity index (χ3n) is 4.01. The van der Waals surface area contributed by atoms with E-state index in [0.717, 1.165) is 11.3 Å². The van der Waals surface area contributed by atoms with Gasteiger partial charge in [0, 0.05) is 4.47 Å². The highest BCUT2D eigenvalue weighted by Gasteiger charge is 2.14. The molecule has 0 atom stereocenters. The number of hydrazone groups is 1. The van der Waals surface area contributed by atoms with Crippen molar-refractivity contribution in [2.24, 2.45) is 5.10 Å². The van der Waals surface area contributed by atoms with Gasteiger partial charge in [-0.1, -0.05) is 47.2 Å². The highest BCUT2D eigenvalue weighted by Crippen LogP contribution is 2.19. The minimum atomic E-state index is -0.464. The van der Waals surface area contributed by atoms with Crippen molar-refractivity contribution in [1.29, 1.82) is 0 Å². The summed E-state index contributed by atoms with van der Waals surface area (Å²) in [7, 11) is 1.30. The lowest BCUT2D eigenvalue weighted by Crippen LogP contribution is -2.18. The summed E-state index contributed by atoms with van der Waals surface area (Å²) in [6.07, 6.45) is 1.32. The molecular formula is C20H15BrClN3O4S. The van der Waals surface area contributed by atoms with Crippen LogP contribution >= 0.6 is 38.9 Å². The molecule has 0 saturated carbocycles. The predicted molar refractivity (Wildman–Crippen MR) is 120 cm³/mol. The third kappa shape index (κ3) is 5.05. The van der Waals surface area contributed by atoms with Gasteiger partial charge in [0.15, 0.2) is 0 Å². The second-order valence-corrected chi connectivity index (χ2v) is 8.19. The molecule has 0 aliphatic rings. The van der Waals surface area contributed by atoms with E-state index in [1.165, 1.54) is 17.9 Å². The Hall–Kier alpha value is -2.75. The predicted octanol–water partition coefficient (Wildman–Crippen LogP) is 3.92. The van der Waals surface area contributed by atoms with E-state index >= 15 is 0 Å². The Morgan fingerprint density at radius 1 is 1.27 bits per heavy atom. The van der Waals surface area contributed by atoms with Crippen LogP contribution < -0.4 is 10.3 Å². The van der Waals surface area contributed by atoms with E-state index in [0.29, 0.717) is 26.0 Å². The van der Waals surface area contributed by atoms with Crippen molar-refractivity contribution in [2.75, 3.05) is 7.11 Å². The maximum atomic E-state index is 12.4. The summed E-state index contributed by atoms with van der Waals surface area (Å²) < 4.78 is 6.71. The highest BCUT2D eigenvalue weighted by atomic mass is 79.9. The molecule has 1 heterocycles. The number of thiazole rings is 1. The molecule has 0 radical (unpaired) electrons. The molecule has 0 unspecified atom stereocenters. The van der Waals surface area contributed by atoms with Crippen LogP contribution in [0.15, 0.2) is 62.9 Å². The fourth-order valence-electron chi connectivity index (χ4n) is 2.57. The number of carbonyl (C=O) groups is 2. The molecule has 0 fully saturated rings. The molecular weight excluding hydrogens is 494 g/mol. The molecule has 1 amide bonds. The number of aromatic nitrogens is 1. The van der Waals surface area contributed by atoms with E-state index in [9.17, 15) is 14.4 Å². The number of esters is 1. The summed E-state index contributed by atoms with van der Waals surface area (Å²) in [6.45, 7) is 0.177. The summed E-state index contributed by atoms with van der Waals surface area (Å²) in [5.74, 6) is -0.865. The first-order chi connectivity index (χ1) is 14.4. The zero-order chi connectivity index (χ0) is 21.7. The molecule has 0 aliphatic carbocycles. The van der Waals surface area contributed by atoms with Crippen molar-refractivity contribution in [2.45, 2.75) is 6.54 Å². The molecule has 3 rings (SSSR count). The number of nitrogens with zero attached hydrogens (tertiary/aromatic N) is 2. The van der Waals surface area contributed by atoms with Gasteiger partial charge in [-0.25, -0.2) is 10.2 Å². The van der Waals surface area contributed by atoms with Gasteiger partial charge >= 0.3 is 10.8 Å². The van der Waals surface area contributed by atoms with Crippen molar-refractivity contribution in [3.8, 4) is 0 Å². The number of nitrogens with one attached hydrogen (secondary N) is 1. The quantitative estimate of drug-likeness (QED) is 0.310. The molecule has 0 saturated heterocycles. The lowest BCUT2D eigenvalue weighted by Gasteiger charge is -2.06. The monoisotopic (exact) mass is 507 g/mol. The van der Waals surface area contributed by atoms with Gasteiger partial charge < -0.3 is 4.74 Å².